The zero-order chi connectivity index (χ0) is 9.60. The fourth-order valence-electron chi connectivity index (χ4n) is 3.28. The summed E-state index contributed by atoms with van der Waals surface area (Å²) in [5.74, 6) is 3.58. The third-order valence-electron chi connectivity index (χ3n) is 4.38. The van der Waals surface area contributed by atoms with Gasteiger partial charge in [0.25, 0.3) is 0 Å². The molecule has 2 aliphatic carbocycles. The summed E-state index contributed by atoms with van der Waals surface area (Å²) in [6, 6.07) is 0.887. The molecule has 0 spiro atoms. The molecule has 0 amide bonds. The normalized spacial score (nSPS) is 50.8. The molecule has 3 rings (SSSR count). The molecule has 0 radical (unpaired) electrons. The van der Waals surface area contributed by atoms with Crippen LogP contribution in [0.5, 0.6) is 0 Å². The number of rotatable bonds is 3. The number of hydrogen-bond acceptors (Lipinski definition) is 2. The maximum Gasteiger partial charge on any atom is 0.0256 e. The van der Waals surface area contributed by atoms with Crippen molar-refractivity contribution in [2.24, 2.45) is 11.8 Å². The molecule has 1 heterocycles. The summed E-state index contributed by atoms with van der Waals surface area (Å²) >= 11 is 2.18. The molecule has 80 valence electrons. The zero-order valence-electron chi connectivity index (χ0n) is 9.09. The van der Waals surface area contributed by atoms with Gasteiger partial charge in [-0.1, -0.05) is 0 Å². The van der Waals surface area contributed by atoms with Crippen molar-refractivity contribution >= 4 is 11.8 Å². The second kappa shape index (κ2) is 3.41. The molecule has 1 nitrogen and oxygen atoms in total. The summed E-state index contributed by atoms with van der Waals surface area (Å²) in [5, 5.41) is 3.83. The summed E-state index contributed by atoms with van der Waals surface area (Å²) < 4.78 is 0.562. The van der Waals surface area contributed by atoms with Crippen molar-refractivity contribution in [2.75, 3.05) is 12.3 Å². The predicted octanol–water partition coefficient (Wildman–Crippen LogP) is 2.66. The van der Waals surface area contributed by atoms with E-state index in [2.05, 4.69) is 24.0 Å². The van der Waals surface area contributed by atoms with E-state index in [1.54, 1.807) is 0 Å². The summed E-state index contributed by atoms with van der Waals surface area (Å²) in [6.07, 6.45) is 7.34. The van der Waals surface area contributed by atoms with Crippen molar-refractivity contribution in [3.63, 3.8) is 0 Å². The molecule has 0 bridgehead atoms. The summed E-state index contributed by atoms with van der Waals surface area (Å²) in [6.45, 7) is 3.70. The van der Waals surface area contributed by atoms with Gasteiger partial charge in [0.2, 0.25) is 0 Å². The van der Waals surface area contributed by atoms with Crippen molar-refractivity contribution < 1.29 is 0 Å². The standard InChI is InChI=1S/C12H21NS/c1-12(5-2-6-14-12)8-13-11-4-3-9-7-10(9)11/h9-11,13H,2-8H2,1H3. The van der Waals surface area contributed by atoms with Gasteiger partial charge >= 0.3 is 0 Å². The highest BCUT2D eigenvalue weighted by molar-refractivity contribution is 8.00. The Labute approximate surface area is 91.4 Å². The SMILES string of the molecule is CC1(CNC2CCC3CC32)CCCS1. The Bertz CT molecular complexity index is 222. The van der Waals surface area contributed by atoms with Gasteiger partial charge in [-0.25, -0.2) is 0 Å². The quantitative estimate of drug-likeness (QED) is 0.770. The molecule has 1 N–H and O–H groups in total. The Balaban J connectivity index is 1.49. The lowest BCUT2D eigenvalue weighted by atomic mass is 10.0. The van der Waals surface area contributed by atoms with E-state index in [-0.39, 0.29) is 0 Å². The van der Waals surface area contributed by atoms with Crippen LogP contribution in [0.15, 0.2) is 0 Å². The molecule has 2 heteroatoms. The monoisotopic (exact) mass is 211 g/mol. The van der Waals surface area contributed by atoms with E-state index >= 15 is 0 Å². The van der Waals surface area contributed by atoms with Crippen LogP contribution >= 0.6 is 11.8 Å². The Kier molecular flexibility index (Phi) is 2.32. The van der Waals surface area contributed by atoms with Gasteiger partial charge in [-0.05, 0) is 56.6 Å². The highest BCUT2D eigenvalue weighted by atomic mass is 32.2. The molecule has 0 aromatic rings. The van der Waals surface area contributed by atoms with Gasteiger partial charge in [-0.3, -0.25) is 0 Å². The first kappa shape index (κ1) is 9.53. The van der Waals surface area contributed by atoms with Crippen LogP contribution in [-0.2, 0) is 0 Å². The van der Waals surface area contributed by atoms with E-state index in [1.165, 1.54) is 44.4 Å². The molecule has 4 unspecified atom stereocenters. The lowest BCUT2D eigenvalue weighted by Gasteiger charge is -2.26. The molecule has 3 aliphatic rings. The predicted molar refractivity (Wildman–Crippen MR) is 62.7 cm³/mol. The Morgan fingerprint density at radius 1 is 1.43 bits per heavy atom. The van der Waals surface area contributed by atoms with Gasteiger partial charge in [-0.2, -0.15) is 11.8 Å². The number of fused-ring (bicyclic) bond motifs is 1. The molecular weight excluding hydrogens is 190 g/mol. The lowest BCUT2D eigenvalue weighted by molar-refractivity contribution is 0.435. The first-order valence-electron chi connectivity index (χ1n) is 6.14. The van der Waals surface area contributed by atoms with Crippen LogP contribution < -0.4 is 5.32 Å². The van der Waals surface area contributed by atoms with Crippen LogP contribution in [0.1, 0.15) is 39.0 Å². The van der Waals surface area contributed by atoms with E-state index in [4.69, 9.17) is 0 Å². The van der Waals surface area contributed by atoms with Crippen molar-refractivity contribution in [1.29, 1.82) is 0 Å². The summed E-state index contributed by atoms with van der Waals surface area (Å²) in [7, 11) is 0. The van der Waals surface area contributed by atoms with Crippen molar-refractivity contribution in [3.8, 4) is 0 Å². The van der Waals surface area contributed by atoms with Crippen LogP contribution in [0, 0.1) is 11.8 Å². The van der Waals surface area contributed by atoms with Crippen molar-refractivity contribution in [3.05, 3.63) is 0 Å². The maximum atomic E-state index is 3.83. The molecule has 0 aromatic heterocycles. The van der Waals surface area contributed by atoms with Gasteiger partial charge in [0.1, 0.15) is 0 Å². The largest absolute Gasteiger partial charge is 0.312 e. The van der Waals surface area contributed by atoms with Gasteiger partial charge in [0.15, 0.2) is 0 Å². The summed E-state index contributed by atoms with van der Waals surface area (Å²) in [5.41, 5.74) is 0. The molecule has 1 aliphatic heterocycles. The van der Waals surface area contributed by atoms with E-state index < -0.39 is 0 Å². The first-order chi connectivity index (χ1) is 6.77. The zero-order valence-corrected chi connectivity index (χ0v) is 9.91. The molecule has 1 saturated heterocycles. The molecule has 0 aromatic carbocycles. The molecule has 2 saturated carbocycles. The van der Waals surface area contributed by atoms with Gasteiger partial charge in [0.05, 0.1) is 0 Å². The van der Waals surface area contributed by atoms with E-state index in [1.807, 2.05) is 0 Å². The third-order valence-corrected chi connectivity index (χ3v) is 5.92. The number of nitrogens with one attached hydrogen (secondary N) is 1. The molecular formula is C12H21NS. The van der Waals surface area contributed by atoms with Gasteiger partial charge in [0, 0.05) is 17.3 Å². The van der Waals surface area contributed by atoms with Crippen LogP contribution in [-0.4, -0.2) is 23.1 Å². The van der Waals surface area contributed by atoms with Crippen LogP contribution in [0.2, 0.25) is 0 Å². The minimum absolute atomic E-state index is 0.562. The third kappa shape index (κ3) is 1.71. The Morgan fingerprint density at radius 3 is 2.93 bits per heavy atom. The van der Waals surface area contributed by atoms with Crippen LogP contribution in [0.25, 0.3) is 0 Å². The Hall–Kier alpha value is 0.310. The van der Waals surface area contributed by atoms with E-state index in [0.717, 1.165) is 17.9 Å². The Morgan fingerprint density at radius 2 is 2.36 bits per heavy atom. The second-order valence-electron chi connectivity index (χ2n) is 5.63. The lowest BCUT2D eigenvalue weighted by Crippen LogP contribution is -2.39. The van der Waals surface area contributed by atoms with E-state index in [9.17, 15) is 0 Å². The number of thioether (sulfide) groups is 1. The fourth-order valence-corrected chi connectivity index (χ4v) is 4.54. The van der Waals surface area contributed by atoms with Gasteiger partial charge in [-0.15, -0.1) is 0 Å². The highest BCUT2D eigenvalue weighted by Crippen LogP contribution is 2.52. The average Bonchev–Trinajstić information content (AvgIpc) is 2.66. The van der Waals surface area contributed by atoms with Crippen molar-refractivity contribution in [2.45, 2.75) is 49.8 Å². The fraction of sp³-hybridized carbons (Fsp3) is 1.00. The van der Waals surface area contributed by atoms with Gasteiger partial charge < -0.3 is 5.32 Å². The van der Waals surface area contributed by atoms with Crippen LogP contribution in [0.4, 0.5) is 0 Å². The maximum absolute atomic E-state index is 3.83. The molecule has 3 fully saturated rings. The number of hydrogen-bond donors (Lipinski definition) is 1. The topological polar surface area (TPSA) is 12.0 Å². The minimum atomic E-state index is 0.562. The van der Waals surface area contributed by atoms with Crippen molar-refractivity contribution in [1.82, 2.24) is 5.32 Å². The molecule has 14 heavy (non-hydrogen) atoms. The smallest absolute Gasteiger partial charge is 0.0256 e. The van der Waals surface area contributed by atoms with Crippen LogP contribution in [0.3, 0.4) is 0 Å². The van der Waals surface area contributed by atoms with E-state index in [0.29, 0.717) is 4.75 Å². The highest BCUT2D eigenvalue weighted by Gasteiger charge is 2.48. The summed E-state index contributed by atoms with van der Waals surface area (Å²) in [4.78, 5) is 0. The first-order valence-corrected chi connectivity index (χ1v) is 7.13. The minimum Gasteiger partial charge on any atom is -0.312 e. The second-order valence-corrected chi connectivity index (χ2v) is 7.31. The molecule has 4 atom stereocenters. The average molecular weight is 211 g/mol.